The topological polar surface area (TPSA) is 21.3 Å². The summed E-state index contributed by atoms with van der Waals surface area (Å²) >= 11 is 0. The summed E-state index contributed by atoms with van der Waals surface area (Å²) < 4.78 is 5.43. The Morgan fingerprint density at radius 1 is 0.947 bits per heavy atom. The van der Waals surface area contributed by atoms with E-state index in [1.54, 1.807) is 0 Å². The third kappa shape index (κ3) is 2.74. The average Bonchev–Trinajstić information content (AvgIpc) is 2.48. The lowest BCUT2D eigenvalue weighted by Crippen LogP contribution is -2.29. The van der Waals surface area contributed by atoms with Gasteiger partial charge >= 0.3 is 0 Å². The average molecular weight is 255 g/mol. The Bertz CT molecular complexity index is 538. The number of anilines is 1. The highest BCUT2D eigenvalue weighted by molar-refractivity contribution is 5.93. The fraction of sp³-hybridized carbons (Fsp3) is 0.412. The molecule has 0 unspecified atom stereocenters. The van der Waals surface area contributed by atoms with Crippen molar-refractivity contribution in [2.75, 3.05) is 12.4 Å². The third-order valence-corrected chi connectivity index (χ3v) is 4.16. The van der Waals surface area contributed by atoms with Crippen LogP contribution in [0.4, 0.5) is 5.69 Å². The van der Waals surface area contributed by atoms with Crippen LogP contribution < -0.4 is 5.32 Å². The minimum absolute atomic E-state index is 0.463. The largest absolute Gasteiger partial charge is 0.382 e. The Morgan fingerprint density at radius 3 is 2.47 bits per heavy atom. The predicted molar refractivity (Wildman–Crippen MR) is 80.6 cm³/mol. The quantitative estimate of drug-likeness (QED) is 0.887. The van der Waals surface area contributed by atoms with Crippen LogP contribution in [0.25, 0.3) is 10.8 Å². The summed E-state index contributed by atoms with van der Waals surface area (Å²) in [6.45, 7) is 0. The van der Waals surface area contributed by atoms with Gasteiger partial charge in [0.05, 0.1) is 6.10 Å². The molecule has 1 N–H and O–H groups in total. The van der Waals surface area contributed by atoms with E-state index in [2.05, 4.69) is 47.8 Å². The number of methoxy groups -OCH3 is 1. The van der Waals surface area contributed by atoms with Gasteiger partial charge in [-0.1, -0.05) is 36.4 Å². The molecule has 1 aliphatic rings. The van der Waals surface area contributed by atoms with Gasteiger partial charge in [-0.05, 0) is 37.1 Å². The summed E-state index contributed by atoms with van der Waals surface area (Å²) in [6.07, 6.45) is 5.19. The number of benzene rings is 2. The molecule has 0 aliphatic heterocycles. The van der Waals surface area contributed by atoms with Crippen LogP contribution in [0.1, 0.15) is 25.7 Å². The van der Waals surface area contributed by atoms with Crippen molar-refractivity contribution in [2.45, 2.75) is 37.8 Å². The highest BCUT2D eigenvalue weighted by Crippen LogP contribution is 2.28. The Kier molecular flexibility index (Phi) is 3.69. The molecule has 3 rings (SSSR count). The summed E-state index contributed by atoms with van der Waals surface area (Å²) in [5.74, 6) is 0. The Morgan fingerprint density at radius 2 is 1.68 bits per heavy atom. The Balaban J connectivity index is 1.75. The monoisotopic (exact) mass is 255 g/mol. The second-order valence-corrected chi connectivity index (χ2v) is 5.38. The molecule has 2 aromatic rings. The molecule has 0 radical (unpaired) electrons. The normalized spacial score (nSPS) is 23.4. The minimum Gasteiger partial charge on any atom is -0.382 e. The van der Waals surface area contributed by atoms with Crippen molar-refractivity contribution in [3.63, 3.8) is 0 Å². The number of hydrogen-bond acceptors (Lipinski definition) is 2. The van der Waals surface area contributed by atoms with Crippen molar-refractivity contribution in [1.29, 1.82) is 0 Å². The van der Waals surface area contributed by atoms with E-state index in [1.807, 2.05) is 7.11 Å². The molecule has 2 aromatic carbocycles. The van der Waals surface area contributed by atoms with Gasteiger partial charge < -0.3 is 10.1 Å². The van der Waals surface area contributed by atoms with Crippen LogP contribution in [0.3, 0.4) is 0 Å². The van der Waals surface area contributed by atoms with E-state index in [-0.39, 0.29) is 0 Å². The van der Waals surface area contributed by atoms with Crippen LogP contribution in [0.5, 0.6) is 0 Å². The lowest BCUT2D eigenvalue weighted by molar-refractivity contribution is 0.0682. The molecule has 2 nitrogen and oxygen atoms in total. The van der Waals surface area contributed by atoms with Gasteiger partial charge in [-0.25, -0.2) is 0 Å². The van der Waals surface area contributed by atoms with Crippen LogP contribution in [-0.2, 0) is 4.74 Å². The lowest BCUT2D eigenvalue weighted by Gasteiger charge is -2.29. The number of fused-ring (bicyclic) bond motifs is 1. The van der Waals surface area contributed by atoms with Crippen molar-refractivity contribution in [1.82, 2.24) is 0 Å². The number of rotatable bonds is 3. The summed E-state index contributed by atoms with van der Waals surface area (Å²) in [5, 5.41) is 6.34. The summed E-state index contributed by atoms with van der Waals surface area (Å²) in [4.78, 5) is 0. The van der Waals surface area contributed by atoms with E-state index >= 15 is 0 Å². The molecule has 1 saturated carbocycles. The molecule has 2 heteroatoms. The highest BCUT2D eigenvalue weighted by Gasteiger charge is 2.20. The zero-order valence-electron chi connectivity index (χ0n) is 11.4. The first-order valence-electron chi connectivity index (χ1n) is 7.14. The molecule has 0 bridgehead atoms. The first-order chi connectivity index (χ1) is 9.36. The predicted octanol–water partition coefficient (Wildman–Crippen LogP) is 4.21. The number of ether oxygens (including phenoxy) is 1. The summed E-state index contributed by atoms with van der Waals surface area (Å²) in [6, 6.07) is 15.6. The zero-order valence-corrected chi connectivity index (χ0v) is 11.4. The van der Waals surface area contributed by atoms with E-state index in [9.17, 15) is 0 Å². The zero-order chi connectivity index (χ0) is 13.1. The molecule has 0 atom stereocenters. The van der Waals surface area contributed by atoms with Crippen LogP contribution >= 0.6 is 0 Å². The summed E-state index contributed by atoms with van der Waals surface area (Å²) in [5.41, 5.74) is 1.26. The smallest absolute Gasteiger partial charge is 0.0572 e. The molecule has 0 aromatic heterocycles. The van der Waals surface area contributed by atoms with Gasteiger partial charge in [0, 0.05) is 24.2 Å². The molecule has 0 spiro atoms. The number of nitrogens with one attached hydrogen (secondary N) is 1. The minimum atomic E-state index is 0.463. The van der Waals surface area contributed by atoms with E-state index in [1.165, 1.54) is 42.1 Å². The molecule has 1 aliphatic carbocycles. The maximum atomic E-state index is 5.43. The van der Waals surface area contributed by atoms with Gasteiger partial charge in [-0.2, -0.15) is 0 Å². The number of hydrogen-bond donors (Lipinski definition) is 1. The lowest BCUT2D eigenvalue weighted by atomic mass is 9.92. The highest BCUT2D eigenvalue weighted by atomic mass is 16.5. The van der Waals surface area contributed by atoms with Gasteiger partial charge in [-0.3, -0.25) is 0 Å². The van der Waals surface area contributed by atoms with Gasteiger partial charge in [0.2, 0.25) is 0 Å². The fourth-order valence-corrected chi connectivity index (χ4v) is 3.01. The van der Waals surface area contributed by atoms with E-state index < -0.39 is 0 Å². The fourth-order valence-electron chi connectivity index (χ4n) is 3.01. The van der Waals surface area contributed by atoms with Gasteiger partial charge in [0.25, 0.3) is 0 Å². The van der Waals surface area contributed by atoms with E-state index in [0.29, 0.717) is 12.1 Å². The van der Waals surface area contributed by atoms with Crippen molar-refractivity contribution in [3.05, 3.63) is 42.5 Å². The van der Waals surface area contributed by atoms with Gasteiger partial charge in [-0.15, -0.1) is 0 Å². The second kappa shape index (κ2) is 5.62. The molecule has 0 saturated heterocycles. The third-order valence-electron chi connectivity index (χ3n) is 4.16. The molecule has 0 heterocycles. The van der Waals surface area contributed by atoms with Crippen molar-refractivity contribution in [2.24, 2.45) is 0 Å². The van der Waals surface area contributed by atoms with E-state index in [0.717, 1.165) is 0 Å². The first kappa shape index (κ1) is 12.5. The van der Waals surface area contributed by atoms with Crippen LogP contribution in [0.15, 0.2) is 42.5 Å². The van der Waals surface area contributed by atoms with Gasteiger partial charge in [0.1, 0.15) is 0 Å². The van der Waals surface area contributed by atoms with Crippen molar-refractivity contribution >= 4 is 16.5 Å². The Hall–Kier alpha value is -1.54. The summed E-state index contributed by atoms with van der Waals surface area (Å²) in [7, 11) is 1.82. The maximum Gasteiger partial charge on any atom is 0.0572 e. The van der Waals surface area contributed by atoms with Crippen molar-refractivity contribution < 1.29 is 4.74 Å². The molecule has 0 amide bonds. The van der Waals surface area contributed by atoms with Crippen LogP contribution in [0.2, 0.25) is 0 Å². The molecule has 1 fully saturated rings. The molecular weight excluding hydrogens is 234 g/mol. The maximum absolute atomic E-state index is 5.43. The molecular formula is C17H21NO. The molecule has 100 valence electrons. The van der Waals surface area contributed by atoms with E-state index in [4.69, 9.17) is 4.74 Å². The van der Waals surface area contributed by atoms with Crippen LogP contribution in [0, 0.1) is 0 Å². The first-order valence-corrected chi connectivity index (χ1v) is 7.14. The SMILES string of the molecule is COC1CCC(Nc2cccc3ccccc23)CC1. The van der Waals surface area contributed by atoms with Crippen LogP contribution in [-0.4, -0.2) is 19.3 Å². The standard InChI is InChI=1S/C17H21NO/c1-19-15-11-9-14(10-12-15)18-17-8-4-6-13-5-2-3-7-16(13)17/h2-8,14-15,18H,9-12H2,1H3. The molecule has 19 heavy (non-hydrogen) atoms. The van der Waals surface area contributed by atoms with Crippen molar-refractivity contribution in [3.8, 4) is 0 Å². The van der Waals surface area contributed by atoms with Gasteiger partial charge in [0.15, 0.2) is 0 Å². The second-order valence-electron chi connectivity index (χ2n) is 5.38. The Labute approximate surface area is 114 Å².